The molecule has 0 aliphatic carbocycles. The Morgan fingerprint density at radius 1 is 1.47 bits per heavy atom. The molecule has 1 aromatic carbocycles. The van der Waals surface area contributed by atoms with E-state index in [1.165, 1.54) is 0 Å². The number of carboxylic acid groups (broad SMARTS) is 1. The van der Waals surface area contributed by atoms with Crippen LogP contribution in [0.1, 0.15) is 49.8 Å². The van der Waals surface area contributed by atoms with Crippen molar-refractivity contribution in [2.24, 2.45) is 5.73 Å². The zero-order chi connectivity index (χ0) is 14.6. The maximum Gasteiger partial charge on any atom is 0.303 e. The number of carbonyl (C=O) groups is 1. The number of rotatable bonds is 6. The van der Waals surface area contributed by atoms with Crippen LogP contribution in [0.15, 0.2) is 12.1 Å². The third-order valence-corrected chi connectivity index (χ3v) is 3.22. The van der Waals surface area contributed by atoms with Crippen LogP contribution < -0.4 is 10.5 Å². The summed E-state index contributed by atoms with van der Waals surface area (Å²) in [5.74, 6) is 0.0666. The van der Waals surface area contributed by atoms with Gasteiger partial charge in [-0.15, -0.1) is 0 Å². The number of aliphatic carboxylic acids is 1. The highest BCUT2D eigenvalue weighted by molar-refractivity contribution is 6.30. The fraction of sp³-hybridized carbons (Fsp3) is 0.500. The van der Waals surface area contributed by atoms with E-state index in [0.29, 0.717) is 17.2 Å². The Bertz CT molecular complexity index is 460. The van der Waals surface area contributed by atoms with Gasteiger partial charge in [0.05, 0.1) is 7.11 Å². The first-order chi connectivity index (χ1) is 8.86. The van der Waals surface area contributed by atoms with Gasteiger partial charge in [0.25, 0.3) is 0 Å². The molecule has 0 fully saturated rings. The lowest BCUT2D eigenvalue weighted by molar-refractivity contribution is -0.137. The minimum atomic E-state index is -0.851. The van der Waals surface area contributed by atoms with Gasteiger partial charge in [-0.1, -0.05) is 25.4 Å². The van der Waals surface area contributed by atoms with Crippen LogP contribution >= 0.6 is 11.6 Å². The summed E-state index contributed by atoms with van der Waals surface area (Å²) in [6.07, 6.45) is 0.409. The molecule has 1 unspecified atom stereocenters. The lowest BCUT2D eigenvalue weighted by Crippen LogP contribution is -2.15. The second-order valence-corrected chi connectivity index (χ2v) is 5.24. The van der Waals surface area contributed by atoms with Crippen LogP contribution in [0.3, 0.4) is 0 Å². The maximum atomic E-state index is 10.6. The van der Waals surface area contributed by atoms with Crippen LogP contribution in [0.4, 0.5) is 0 Å². The second kappa shape index (κ2) is 6.78. The minimum absolute atomic E-state index is 0.0352. The molecule has 0 aliphatic heterocycles. The molecule has 1 atom stereocenters. The molecule has 1 rings (SSSR count). The van der Waals surface area contributed by atoms with E-state index in [2.05, 4.69) is 0 Å². The zero-order valence-corrected chi connectivity index (χ0v) is 12.2. The van der Waals surface area contributed by atoms with Gasteiger partial charge in [-0.3, -0.25) is 4.79 Å². The Labute approximate surface area is 118 Å². The molecule has 0 radical (unpaired) electrons. The van der Waals surface area contributed by atoms with Gasteiger partial charge in [0, 0.05) is 23.0 Å². The van der Waals surface area contributed by atoms with E-state index in [0.717, 1.165) is 11.1 Å². The molecule has 106 valence electrons. The van der Waals surface area contributed by atoms with Crippen LogP contribution in [0.2, 0.25) is 5.02 Å². The van der Waals surface area contributed by atoms with E-state index in [-0.39, 0.29) is 18.4 Å². The molecule has 19 heavy (non-hydrogen) atoms. The first-order valence-corrected chi connectivity index (χ1v) is 6.59. The van der Waals surface area contributed by atoms with Gasteiger partial charge in [0.1, 0.15) is 5.75 Å². The van der Waals surface area contributed by atoms with Gasteiger partial charge in [-0.05, 0) is 30.0 Å². The molecule has 0 aromatic heterocycles. The van der Waals surface area contributed by atoms with Crippen molar-refractivity contribution in [3.63, 3.8) is 0 Å². The lowest BCUT2D eigenvalue weighted by atomic mass is 9.90. The van der Waals surface area contributed by atoms with Crippen LogP contribution in [-0.4, -0.2) is 18.2 Å². The van der Waals surface area contributed by atoms with Gasteiger partial charge in [0.2, 0.25) is 0 Å². The maximum absolute atomic E-state index is 10.6. The van der Waals surface area contributed by atoms with Crippen LogP contribution in [0.25, 0.3) is 0 Å². The molecule has 0 saturated heterocycles. The van der Waals surface area contributed by atoms with Crippen LogP contribution in [-0.2, 0) is 4.79 Å². The van der Waals surface area contributed by atoms with E-state index in [4.69, 9.17) is 27.2 Å². The fourth-order valence-electron chi connectivity index (χ4n) is 2.14. The van der Waals surface area contributed by atoms with Crippen LogP contribution in [0.5, 0.6) is 5.75 Å². The number of methoxy groups -OCH3 is 1. The lowest BCUT2D eigenvalue weighted by Gasteiger charge is -2.21. The molecule has 0 bridgehead atoms. The van der Waals surface area contributed by atoms with Crippen LogP contribution in [0, 0.1) is 0 Å². The van der Waals surface area contributed by atoms with E-state index >= 15 is 0 Å². The fourth-order valence-corrected chi connectivity index (χ4v) is 2.36. The number of ether oxygens (including phenoxy) is 1. The molecule has 1 aromatic rings. The summed E-state index contributed by atoms with van der Waals surface area (Å²) in [4.78, 5) is 10.6. The number of hydrogen-bond acceptors (Lipinski definition) is 3. The topological polar surface area (TPSA) is 72.5 Å². The summed E-state index contributed by atoms with van der Waals surface area (Å²) >= 11 is 6.06. The summed E-state index contributed by atoms with van der Waals surface area (Å²) < 4.78 is 5.35. The molecule has 3 N–H and O–H groups in total. The molecule has 0 heterocycles. The number of hydrogen-bond donors (Lipinski definition) is 2. The van der Waals surface area contributed by atoms with E-state index in [1.807, 2.05) is 13.8 Å². The highest BCUT2D eigenvalue weighted by Crippen LogP contribution is 2.36. The van der Waals surface area contributed by atoms with E-state index < -0.39 is 5.97 Å². The third kappa shape index (κ3) is 4.11. The van der Waals surface area contributed by atoms with E-state index in [9.17, 15) is 4.79 Å². The molecular formula is C14H20ClNO3. The first-order valence-electron chi connectivity index (χ1n) is 6.21. The van der Waals surface area contributed by atoms with E-state index in [1.54, 1.807) is 19.2 Å². The van der Waals surface area contributed by atoms with Gasteiger partial charge >= 0.3 is 5.97 Å². The van der Waals surface area contributed by atoms with Gasteiger partial charge < -0.3 is 15.6 Å². The second-order valence-electron chi connectivity index (χ2n) is 4.80. The summed E-state index contributed by atoms with van der Waals surface area (Å²) in [5.41, 5.74) is 7.95. The van der Waals surface area contributed by atoms with Crippen molar-refractivity contribution in [2.45, 2.75) is 38.6 Å². The Kier molecular flexibility index (Phi) is 5.63. The molecule has 0 saturated carbocycles. The largest absolute Gasteiger partial charge is 0.496 e. The number of nitrogens with two attached hydrogens (primary N) is 1. The molecule has 0 aliphatic rings. The van der Waals surface area contributed by atoms with Gasteiger partial charge in [-0.2, -0.15) is 0 Å². The highest BCUT2D eigenvalue weighted by atomic mass is 35.5. The minimum Gasteiger partial charge on any atom is -0.496 e. The average Bonchev–Trinajstić information content (AvgIpc) is 2.34. The van der Waals surface area contributed by atoms with Crippen molar-refractivity contribution in [1.29, 1.82) is 0 Å². The zero-order valence-electron chi connectivity index (χ0n) is 11.4. The first kappa shape index (κ1) is 15.8. The van der Waals surface area contributed by atoms with Gasteiger partial charge in [0.15, 0.2) is 0 Å². The van der Waals surface area contributed by atoms with Crippen molar-refractivity contribution >= 4 is 17.6 Å². The highest BCUT2D eigenvalue weighted by Gasteiger charge is 2.19. The Balaban J connectivity index is 3.16. The molecule has 0 spiro atoms. The Morgan fingerprint density at radius 3 is 2.58 bits per heavy atom. The molecule has 4 nitrogen and oxygen atoms in total. The number of carboxylic acids is 1. The number of benzene rings is 1. The third-order valence-electron chi connectivity index (χ3n) is 3.00. The molecule has 0 amide bonds. The normalized spacial score (nSPS) is 12.5. The Morgan fingerprint density at radius 2 is 2.11 bits per heavy atom. The quantitative estimate of drug-likeness (QED) is 0.841. The van der Waals surface area contributed by atoms with Crippen molar-refractivity contribution in [1.82, 2.24) is 0 Å². The Hall–Kier alpha value is -1.26. The summed E-state index contributed by atoms with van der Waals surface area (Å²) in [6, 6.07) is 3.19. The summed E-state index contributed by atoms with van der Waals surface area (Å²) in [5, 5.41) is 9.28. The predicted octanol–water partition coefficient (Wildman–Crippen LogP) is 3.34. The van der Waals surface area contributed by atoms with Crippen molar-refractivity contribution in [2.75, 3.05) is 7.11 Å². The number of halogens is 1. The van der Waals surface area contributed by atoms with Crippen molar-refractivity contribution < 1.29 is 14.6 Å². The van der Waals surface area contributed by atoms with Crippen molar-refractivity contribution in [3.8, 4) is 5.75 Å². The summed E-state index contributed by atoms with van der Waals surface area (Å²) in [7, 11) is 1.59. The van der Waals surface area contributed by atoms with Gasteiger partial charge in [-0.25, -0.2) is 0 Å². The predicted molar refractivity (Wildman–Crippen MR) is 75.9 cm³/mol. The molecular weight excluding hydrogens is 266 g/mol. The standard InChI is InChI=1S/C14H20ClNO3/c1-8(2)14-10(11(16)4-5-13(17)18)6-9(15)7-12(14)19-3/h6-8,11H,4-5,16H2,1-3H3,(H,17,18). The SMILES string of the molecule is COc1cc(Cl)cc(C(N)CCC(=O)O)c1C(C)C. The van der Waals surface area contributed by atoms with Crippen molar-refractivity contribution in [3.05, 3.63) is 28.3 Å². The summed E-state index contributed by atoms with van der Waals surface area (Å²) in [6.45, 7) is 4.08. The monoisotopic (exact) mass is 285 g/mol. The average molecular weight is 286 g/mol. The smallest absolute Gasteiger partial charge is 0.303 e. The molecule has 5 heteroatoms.